The molecule has 25 heavy (non-hydrogen) atoms. The zero-order chi connectivity index (χ0) is 18.2. The minimum absolute atomic E-state index is 0.307. The van der Waals surface area contributed by atoms with Gasteiger partial charge in [-0.05, 0) is 49.2 Å². The number of aliphatic carboxylic acids is 1. The van der Waals surface area contributed by atoms with Gasteiger partial charge in [-0.15, -0.1) is 0 Å². The van der Waals surface area contributed by atoms with Crippen LogP contribution in [0, 0.1) is 13.8 Å². The van der Waals surface area contributed by atoms with Gasteiger partial charge < -0.3 is 19.3 Å². The van der Waals surface area contributed by atoms with Crippen LogP contribution in [0.25, 0.3) is 6.08 Å². The number of benzene rings is 2. The minimum Gasteiger partial charge on any atom is -0.493 e. The predicted octanol–water partition coefficient (Wildman–Crippen LogP) is 3.87. The maximum atomic E-state index is 10.7. The Kier molecular flexibility index (Phi) is 6.46. The molecule has 0 aliphatic heterocycles. The number of ether oxygens (including phenoxy) is 3. The first-order valence-corrected chi connectivity index (χ1v) is 7.91. The Labute approximate surface area is 147 Å². The lowest BCUT2D eigenvalue weighted by atomic mass is 10.1. The molecular formula is C20H22O5. The molecule has 0 aliphatic carbocycles. The van der Waals surface area contributed by atoms with E-state index in [2.05, 4.69) is 6.07 Å². The van der Waals surface area contributed by atoms with E-state index in [1.54, 1.807) is 25.3 Å². The zero-order valence-electron chi connectivity index (χ0n) is 14.6. The molecule has 5 nitrogen and oxygen atoms in total. The third-order valence-corrected chi connectivity index (χ3v) is 3.43. The van der Waals surface area contributed by atoms with Crippen molar-refractivity contribution in [2.24, 2.45) is 0 Å². The standard InChI is InChI=1S/C20H22O5/c1-14-11-15(2)13-17(12-14)24-9-10-25-20-16(7-8-19(21)22)5-4-6-18(20)23-3/h4-8,11-13H,9-10H2,1-3H3,(H,21,22). The Hall–Kier alpha value is -2.95. The summed E-state index contributed by atoms with van der Waals surface area (Å²) >= 11 is 0. The van der Waals surface area contributed by atoms with Gasteiger partial charge in [-0.1, -0.05) is 18.2 Å². The molecule has 0 amide bonds. The summed E-state index contributed by atoms with van der Waals surface area (Å²) in [7, 11) is 1.54. The van der Waals surface area contributed by atoms with E-state index in [9.17, 15) is 4.79 Å². The average Bonchev–Trinajstić information content (AvgIpc) is 2.56. The van der Waals surface area contributed by atoms with Gasteiger partial charge in [0.05, 0.1) is 7.11 Å². The summed E-state index contributed by atoms with van der Waals surface area (Å²) in [6, 6.07) is 11.3. The summed E-state index contributed by atoms with van der Waals surface area (Å²) in [4.78, 5) is 10.7. The molecule has 0 aliphatic rings. The Bertz CT molecular complexity index is 744. The van der Waals surface area contributed by atoms with E-state index >= 15 is 0 Å². The predicted molar refractivity (Wildman–Crippen MR) is 96.6 cm³/mol. The molecule has 2 rings (SSSR count). The highest BCUT2D eigenvalue weighted by atomic mass is 16.5. The van der Waals surface area contributed by atoms with E-state index in [0.29, 0.717) is 30.3 Å². The molecule has 2 aromatic rings. The maximum Gasteiger partial charge on any atom is 0.328 e. The molecule has 0 fully saturated rings. The Balaban J connectivity index is 2.02. The zero-order valence-corrected chi connectivity index (χ0v) is 14.6. The van der Waals surface area contributed by atoms with E-state index in [4.69, 9.17) is 19.3 Å². The second kappa shape index (κ2) is 8.78. The molecule has 1 N–H and O–H groups in total. The third kappa shape index (κ3) is 5.57. The monoisotopic (exact) mass is 342 g/mol. The molecule has 0 aromatic heterocycles. The van der Waals surface area contributed by atoms with Crippen molar-refractivity contribution in [1.29, 1.82) is 0 Å². The highest BCUT2D eigenvalue weighted by molar-refractivity contribution is 5.86. The number of carbonyl (C=O) groups is 1. The highest BCUT2D eigenvalue weighted by Gasteiger charge is 2.09. The summed E-state index contributed by atoms with van der Waals surface area (Å²) < 4.78 is 16.8. The highest BCUT2D eigenvalue weighted by Crippen LogP contribution is 2.32. The van der Waals surface area contributed by atoms with E-state index in [1.807, 2.05) is 26.0 Å². The average molecular weight is 342 g/mol. The first kappa shape index (κ1) is 18.4. The molecule has 2 aromatic carbocycles. The first-order valence-electron chi connectivity index (χ1n) is 7.91. The number of aryl methyl sites for hydroxylation is 2. The van der Waals surface area contributed by atoms with Crippen LogP contribution < -0.4 is 14.2 Å². The van der Waals surface area contributed by atoms with E-state index in [0.717, 1.165) is 23.0 Å². The summed E-state index contributed by atoms with van der Waals surface area (Å²) in [5, 5.41) is 8.80. The summed E-state index contributed by atoms with van der Waals surface area (Å²) in [6.45, 7) is 4.71. The lowest BCUT2D eigenvalue weighted by Crippen LogP contribution is -2.10. The van der Waals surface area contributed by atoms with Crippen LogP contribution >= 0.6 is 0 Å². The van der Waals surface area contributed by atoms with E-state index in [1.165, 1.54) is 6.08 Å². The quantitative estimate of drug-likeness (QED) is 0.583. The van der Waals surface area contributed by atoms with Crippen LogP contribution in [-0.4, -0.2) is 31.4 Å². The molecule has 0 saturated carbocycles. The van der Waals surface area contributed by atoms with Crippen molar-refractivity contribution in [1.82, 2.24) is 0 Å². The van der Waals surface area contributed by atoms with Gasteiger partial charge in [0.15, 0.2) is 11.5 Å². The van der Waals surface area contributed by atoms with Crippen molar-refractivity contribution in [3.05, 3.63) is 59.2 Å². The van der Waals surface area contributed by atoms with Gasteiger partial charge in [0, 0.05) is 11.6 Å². The molecule has 132 valence electrons. The number of methoxy groups -OCH3 is 1. The van der Waals surface area contributed by atoms with Crippen molar-refractivity contribution in [2.75, 3.05) is 20.3 Å². The first-order chi connectivity index (χ1) is 12.0. The summed E-state index contributed by atoms with van der Waals surface area (Å²) in [6.07, 6.45) is 2.54. The lowest BCUT2D eigenvalue weighted by Gasteiger charge is -2.14. The molecule has 0 bridgehead atoms. The number of hydrogen-bond donors (Lipinski definition) is 1. The summed E-state index contributed by atoms with van der Waals surface area (Å²) in [5.41, 5.74) is 2.91. The van der Waals surface area contributed by atoms with Crippen molar-refractivity contribution < 1.29 is 24.1 Å². The van der Waals surface area contributed by atoms with Crippen LogP contribution in [0.2, 0.25) is 0 Å². The van der Waals surface area contributed by atoms with Crippen LogP contribution in [0.15, 0.2) is 42.5 Å². The second-order valence-corrected chi connectivity index (χ2v) is 5.57. The van der Waals surface area contributed by atoms with E-state index < -0.39 is 5.97 Å². The molecule has 0 unspecified atom stereocenters. The molecule has 0 radical (unpaired) electrons. The normalized spacial score (nSPS) is 10.7. The smallest absolute Gasteiger partial charge is 0.328 e. The van der Waals surface area contributed by atoms with Crippen LogP contribution in [0.1, 0.15) is 16.7 Å². The largest absolute Gasteiger partial charge is 0.493 e. The number of hydrogen-bond acceptors (Lipinski definition) is 4. The Morgan fingerprint density at radius 2 is 1.76 bits per heavy atom. The van der Waals surface area contributed by atoms with E-state index in [-0.39, 0.29) is 0 Å². The van der Waals surface area contributed by atoms with Crippen LogP contribution in [-0.2, 0) is 4.79 Å². The molecule has 0 atom stereocenters. The van der Waals surface area contributed by atoms with Crippen molar-refractivity contribution >= 4 is 12.0 Å². The molecule has 0 heterocycles. The molecule has 0 saturated heterocycles. The molecule has 5 heteroatoms. The van der Waals surface area contributed by atoms with Crippen LogP contribution in [0.4, 0.5) is 0 Å². The van der Waals surface area contributed by atoms with Crippen molar-refractivity contribution in [3.63, 3.8) is 0 Å². The van der Waals surface area contributed by atoms with Gasteiger partial charge in [-0.2, -0.15) is 0 Å². The third-order valence-electron chi connectivity index (χ3n) is 3.43. The minimum atomic E-state index is -1.02. The molecule has 0 spiro atoms. The van der Waals surface area contributed by atoms with Gasteiger partial charge in [-0.25, -0.2) is 4.79 Å². The maximum absolute atomic E-state index is 10.7. The fourth-order valence-electron chi connectivity index (χ4n) is 2.46. The Morgan fingerprint density at radius 1 is 1.08 bits per heavy atom. The second-order valence-electron chi connectivity index (χ2n) is 5.57. The van der Waals surface area contributed by atoms with Gasteiger partial charge in [-0.3, -0.25) is 0 Å². The lowest BCUT2D eigenvalue weighted by molar-refractivity contribution is -0.131. The van der Waals surface area contributed by atoms with Crippen LogP contribution in [0.5, 0.6) is 17.2 Å². The number of para-hydroxylation sites is 1. The fourth-order valence-corrected chi connectivity index (χ4v) is 2.46. The van der Waals surface area contributed by atoms with Gasteiger partial charge in [0.2, 0.25) is 0 Å². The van der Waals surface area contributed by atoms with Gasteiger partial charge >= 0.3 is 5.97 Å². The fraction of sp³-hybridized carbons (Fsp3) is 0.250. The number of carboxylic acids is 1. The van der Waals surface area contributed by atoms with Crippen molar-refractivity contribution in [2.45, 2.75) is 13.8 Å². The van der Waals surface area contributed by atoms with Crippen molar-refractivity contribution in [3.8, 4) is 17.2 Å². The number of carboxylic acid groups (broad SMARTS) is 1. The van der Waals surface area contributed by atoms with Crippen LogP contribution in [0.3, 0.4) is 0 Å². The Morgan fingerprint density at radius 3 is 2.40 bits per heavy atom. The van der Waals surface area contributed by atoms with Gasteiger partial charge in [0.25, 0.3) is 0 Å². The molecular weight excluding hydrogens is 320 g/mol. The number of rotatable bonds is 8. The SMILES string of the molecule is COc1cccc(C=CC(=O)O)c1OCCOc1cc(C)cc(C)c1. The van der Waals surface area contributed by atoms with Gasteiger partial charge in [0.1, 0.15) is 19.0 Å². The topological polar surface area (TPSA) is 65.0 Å². The summed E-state index contributed by atoms with van der Waals surface area (Å²) in [5.74, 6) is 0.810.